The summed E-state index contributed by atoms with van der Waals surface area (Å²) in [5, 5.41) is 73.8. The number of hydrogen-bond donors (Lipinski definition) is 6. The van der Waals surface area contributed by atoms with Crippen molar-refractivity contribution >= 4 is 129 Å². The summed E-state index contributed by atoms with van der Waals surface area (Å²) in [5.41, 5.74) is 17.3. The molecule has 0 saturated carbocycles. The van der Waals surface area contributed by atoms with Crippen LogP contribution in [0.25, 0.3) is 163 Å². The quantitative estimate of drug-likeness (QED) is 0.0900. The SMILES string of the molecule is CC1(C)c2cc3ccccc3cc2-c2c1ccc1ccccc21.CC1(C)c2cc3ccccc3cc2-c2ccc3ccccc3c21.CC1(C)c2ccc3ccccc3c2-c2ccc3ccccc3c21.CO.CO.CO.CO.CO.CO.c1ccc2ccccc2c1.c1ccc2ccccc2c1.c1ccc2ccccc2c1.c1ccc2ccccc2c1.c1ccc2ccccc2c1.c1ccc2ccccc2c1. The van der Waals surface area contributed by atoms with Crippen molar-refractivity contribution in [2.45, 2.75) is 57.8 Å². The molecule has 6 N–H and O–H groups in total. The Kier molecular flexibility index (Phi) is 36.3. The van der Waals surface area contributed by atoms with Gasteiger partial charge in [-0.15, -0.1) is 0 Å². The molecule has 702 valence electrons. The molecule has 27 rings (SSSR count). The molecule has 0 spiro atoms. The molecule has 141 heavy (non-hydrogen) atoms. The zero-order valence-electron chi connectivity index (χ0n) is 82.7. The lowest BCUT2D eigenvalue weighted by Crippen LogP contribution is -2.15. The molecule has 0 bridgehead atoms. The van der Waals surface area contributed by atoms with Crippen LogP contribution in [0, 0.1) is 0 Å². The van der Waals surface area contributed by atoms with Gasteiger partial charge in [-0.3, -0.25) is 0 Å². The predicted molar refractivity (Wildman–Crippen MR) is 610 cm³/mol. The molecule has 0 unspecified atom stereocenters. The van der Waals surface area contributed by atoms with Gasteiger partial charge in [-0.2, -0.15) is 0 Å². The summed E-state index contributed by atoms with van der Waals surface area (Å²) in [7, 11) is 6.00. The van der Waals surface area contributed by atoms with E-state index in [-0.39, 0.29) is 16.2 Å². The van der Waals surface area contributed by atoms with Gasteiger partial charge in [-0.1, -0.05) is 527 Å². The topological polar surface area (TPSA) is 121 Å². The molecule has 0 amide bonds. The highest BCUT2D eigenvalue weighted by molar-refractivity contribution is 6.09. The molecule has 6 nitrogen and oxygen atoms in total. The van der Waals surface area contributed by atoms with Crippen molar-refractivity contribution in [3.05, 3.63) is 543 Å². The fourth-order valence-electron chi connectivity index (χ4n) is 19.6. The average Bonchev–Trinajstić information content (AvgIpc) is 1.55. The molecular formula is C135H126O6. The molecule has 3 aliphatic carbocycles. The standard InChI is InChI=1S/3C23H18.6C10H8.6CH4O/c1-23(2)20-14-12-15-7-3-5-9-17(15)21(20)19-13-11-16-8-4-6-10-18(16)22(19)23;1-23(2)20-12-11-15-7-5-6-10-18(15)22(20)19-13-16-8-3-4-9-17(16)14-21(19)23;1-23(2)21-14-17-9-4-3-8-16(17)13-20(21)19-12-11-15-7-5-6-10-18(15)22(19)23;6*1-2-6-10-8-4-3-7-9(10)5-1;6*1-2/h3*3-14H,1-2H3;6*1-8H;6*2H,1H3. The van der Waals surface area contributed by atoms with E-state index in [1.165, 1.54) is 196 Å². The highest BCUT2D eigenvalue weighted by Gasteiger charge is 2.40. The van der Waals surface area contributed by atoms with Crippen molar-refractivity contribution in [2.75, 3.05) is 42.7 Å². The average molecular weight is 1840 g/mol. The molecule has 0 heterocycles. The third kappa shape index (κ3) is 23.3. The van der Waals surface area contributed by atoms with Crippen LogP contribution in [0.2, 0.25) is 0 Å². The number of hydrogen-bond acceptors (Lipinski definition) is 6. The summed E-state index contributed by atoms with van der Waals surface area (Å²) in [6, 6.07) is 180. The maximum atomic E-state index is 7.00. The summed E-state index contributed by atoms with van der Waals surface area (Å²) < 4.78 is 0. The molecule has 0 aromatic heterocycles. The first-order chi connectivity index (χ1) is 69.3. The summed E-state index contributed by atoms with van der Waals surface area (Å²) in [6.45, 7) is 14.1. The molecular weight excluding hydrogens is 1720 g/mol. The van der Waals surface area contributed by atoms with Crippen molar-refractivity contribution < 1.29 is 30.6 Å². The Morgan fingerprint density at radius 1 is 0.121 bits per heavy atom. The fourth-order valence-corrected chi connectivity index (χ4v) is 19.6. The summed E-state index contributed by atoms with van der Waals surface area (Å²) in [5.74, 6) is 0. The van der Waals surface area contributed by atoms with Gasteiger partial charge in [-0.25, -0.2) is 0 Å². The summed E-state index contributed by atoms with van der Waals surface area (Å²) >= 11 is 0. The maximum absolute atomic E-state index is 7.00. The van der Waals surface area contributed by atoms with Crippen LogP contribution in [-0.2, 0) is 16.2 Å². The van der Waals surface area contributed by atoms with E-state index in [0.717, 1.165) is 42.7 Å². The second-order valence-corrected chi connectivity index (χ2v) is 35.3. The number of aliphatic hydroxyl groups is 6. The molecule has 0 radical (unpaired) electrons. The normalized spacial score (nSPS) is 11.8. The summed E-state index contributed by atoms with van der Waals surface area (Å²) in [4.78, 5) is 0. The van der Waals surface area contributed by atoms with Gasteiger partial charge in [0.25, 0.3) is 0 Å². The highest BCUT2D eigenvalue weighted by atomic mass is 16.2. The molecule has 3 aliphatic rings. The molecule has 0 atom stereocenters. The smallest absolute Gasteiger partial charge is 0.0319 e. The monoisotopic (exact) mass is 1840 g/mol. The van der Waals surface area contributed by atoms with E-state index < -0.39 is 0 Å². The zero-order valence-corrected chi connectivity index (χ0v) is 82.7. The molecule has 0 fully saturated rings. The molecule has 24 aromatic carbocycles. The first-order valence-electron chi connectivity index (χ1n) is 47.8. The van der Waals surface area contributed by atoms with Crippen molar-refractivity contribution in [3.63, 3.8) is 0 Å². The van der Waals surface area contributed by atoms with E-state index in [1.54, 1.807) is 0 Å². The Morgan fingerprint density at radius 3 is 0.546 bits per heavy atom. The summed E-state index contributed by atoms with van der Waals surface area (Å²) in [6.07, 6.45) is 0. The minimum Gasteiger partial charge on any atom is -0.400 e. The Balaban J connectivity index is 0.000000135. The Bertz CT molecular complexity index is 7200. The van der Waals surface area contributed by atoms with Gasteiger partial charge in [-0.05, 0) is 220 Å². The van der Waals surface area contributed by atoms with Crippen LogP contribution in [0.1, 0.15) is 74.9 Å². The maximum Gasteiger partial charge on any atom is 0.0319 e. The lowest BCUT2D eigenvalue weighted by molar-refractivity contribution is 0.399. The van der Waals surface area contributed by atoms with Crippen molar-refractivity contribution in [2.24, 2.45) is 0 Å². The second-order valence-electron chi connectivity index (χ2n) is 35.3. The second kappa shape index (κ2) is 50.0. The van der Waals surface area contributed by atoms with Crippen molar-refractivity contribution in [3.8, 4) is 33.4 Å². The van der Waals surface area contributed by atoms with Gasteiger partial charge in [0.05, 0.1) is 0 Å². The third-order valence-corrected chi connectivity index (χ3v) is 26.2. The number of fused-ring (bicyclic) bond motifs is 25. The van der Waals surface area contributed by atoms with Crippen molar-refractivity contribution in [1.29, 1.82) is 0 Å². The van der Waals surface area contributed by atoms with E-state index in [9.17, 15) is 0 Å². The minimum atomic E-state index is 0.0373. The van der Waals surface area contributed by atoms with Crippen LogP contribution in [0.15, 0.2) is 510 Å². The third-order valence-electron chi connectivity index (χ3n) is 26.2. The van der Waals surface area contributed by atoms with Crippen LogP contribution in [0.3, 0.4) is 0 Å². The first-order valence-corrected chi connectivity index (χ1v) is 47.8. The number of benzene rings is 24. The van der Waals surface area contributed by atoms with Crippen LogP contribution >= 0.6 is 0 Å². The van der Waals surface area contributed by atoms with Gasteiger partial charge in [0, 0.05) is 58.9 Å². The molecule has 0 saturated heterocycles. The van der Waals surface area contributed by atoms with E-state index >= 15 is 0 Å². The van der Waals surface area contributed by atoms with Crippen LogP contribution < -0.4 is 0 Å². The fraction of sp³-hybridized carbons (Fsp3) is 0.111. The van der Waals surface area contributed by atoms with Crippen LogP contribution in [-0.4, -0.2) is 73.3 Å². The van der Waals surface area contributed by atoms with Gasteiger partial charge in [0.2, 0.25) is 0 Å². The molecule has 0 aliphatic heterocycles. The Morgan fingerprint density at radius 2 is 0.284 bits per heavy atom. The van der Waals surface area contributed by atoms with E-state index in [0.29, 0.717) is 0 Å². The predicted octanol–water partition coefficient (Wildman–Crippen LogP) is 33.6. The van der Waals surface area contributed by atoms with Gasteiger partial charge >= 0.3 is 0 Å². The minimum absolute atomic E-state index is 0.0373. The first kappa shape index (κ1) is 103. The highest BCUT2D eigenvalue weighted by Crippen LogP contribution is 2.56. The Hall–Kier alpha value is -15.8. The van der Waals surface area contributed by atoms with Gasteiger partial charge in [0.1, 0.15) is 0 Å². The van der Waals surface area contributed by atoms with Crippen LogP contribution in [0.5, 0.6) is 0 Å². The van der Waals surface area contributed by atoms with E-state index in [1.807, 2.05) is 0 Å². The van der Waals surface area contributed by atoms with Gasteiger partial charge in [0.15, 0.2) is 0 Å². The van der Waals surface area contributed by atoms with Crippen LogP contribution in [0.4, 0.5) is 0 Å². The zero-order chi connectivity index (χ0) is 99.7. The molecule has 24 aromatic rings. The van der Waals surface area contributed by atoms with Gasteiger partial charge < -0.3 is 30.6 Å². The lowest BCUT2D eigenvalue weighted by Gasteiger charge is -2.23. The largest absolute Gasteiger partial charge is 0.400 e. The number of aliphatic hydroxyl groups excluding tert-OH is 6. The molecule has 6 heteroatoms. The lowest BCUT2D eigenvalue weighted by atomic mass is 9.80. The van der Waals surface area contributed by atoms with E-state index in [4.69, 9.17) is 30.6 Å². The number of rotatable bonds is 0. The van der Waals surface area contributed by atoms with Crippen molar-refractivity contribution in [1.82, 2.24) is 0 Å². The van der Waals surface area contributed by atoms with E-state index in [2.05, 4.69) is 551 Å². The Labute approximate surface area is 831 Å².